The van der Waals surface area contributed by atoms with Crippen LogP contribution in [-0.2, 0) is 0 Å². The molecule has 2 N–H and O–H groups in total. The van der Waals surface area contributed by atoms with Crippen LogP contribution in [0.4, 0.5) is 5.82 Å². The summed E-state index contributed by atoms with van der Waals surface area (Å²) in [6.07, 6.45) is 2.14. The number of pyridine rings is 1. The second kappa shape index (κ2) is 4.73. The molecule has 17 heavy (non-hydrogen) atoms. The van der Waals surface area contributed by atoms with Gasteiger partial charge in [-0.05, 0) is 23.8 Å². The molecule has 1 aromatic carbocycles. The second-order valence-electron chi connectivity index (χ2n) is 3.45. The van der Waals surface area contributed by atoms with Crippen LogP contribution in [0.25, 0.3) is 11.1 Å². The summed E-state index contributed by atoms with van der Waals surface area (Å²) in [5.41, 5.74) is 7.65. The lowest BCUT2D eigenvalue weighted by atomic mass is 10.1. The van der Waals surface area contributed by atoms with Gasteiger partial charge >= 0.3 is 0 Å². The highest BCUT2D eigenvalue weighted by atomic mass is 35.5. The summed E-state index contributed by atoms with van der Waals surface area (Å²) in [5.74, 6) is 0.342. The fourth-order valence-electron chi connectivity index (χ4n) is 1.45. The molecule has 0 spiro atoms. The van der Waals surface area contributed by atoms with Gasteiger partial charge in [0.15, 0.2) is 6.29 Å². The maximum Gasteiger partial charge on any atom is 0.151 e. The highest BCUT2D eigenvalue weighted by Gasteiger charge is 2.07. The monoisotopic (exact) mass is 266 g/mol. The molecule has 5 heteroatoms. The van der Waals surface area contributed by atoms with Crippen molar-refractivity contribution in [1.29, 1.82) is 0 Å². The summed E-state index contributed by atoms with van der Waals surface area (Å²) in [6.45, 7) is 0. The number of halogens is 2. The van der Waals surface area contributed by atoms with Crippen LogP contribution in [0.2, 0.25) is 10.0 Å². The molecule has 0 aliphatic rings. The highest BCUT2D eigenvalue weighted by Crippen LogP contribution is 2.30. The number of nitrogens with zero attached hydrogens (tertiary/aromatic N) is 1. The van der Waals surface area contributed by atoms with E-state index in [9.17, 15) is 4.79 Å². The van der Waals surface area contributed by atoms with Gasteiger partial charge in [0.25, 0.3) is 0 Å². The van der Waals surface area contributed by atoms with E-state index >= 15 is 0 Å². The number of nitrogen functional groups attached to an aromatic ring is 1. The van der Waals surface area contributed by atoms with Crippen LogP contribution in [-0.4, -0.2) is 11.3 Å². The Kier molecular flexibility index (Phi) is 3.31. The summed E-state index contributed by atoms with van der Waals surface area (Å²) in [7, 11) is 0. The summed E-state index contributed by atoms with van der Waals surface area (Å²) in [5, 5.41) is 0.897. The average molecular weight is 267 g/mol. The summed E-state index contributed by atoms with van der Waals surface area (Å²) in [6, 6.07) is 6.79. The molecule has 0 saturated carbocycles. The van der Waals surface area contributed by atoms with Crippen molar-refractivity contribution in [3.63, 3.8) is 0 Å². The third-order valence-electron chi connectivity index (χ3n) is 2.31. The van der Waals surface area contributed by atoms with Gasteiger partial charge in [0, 0.05) is 17.3 Å². The maximum absolute atomic E-state index is 10.7. The zero-order valence-corrected chi connectivity index (χ0v) is 10.2. The molecular weight excluding hydrogens is 259 g/mol. The normalized spacial score (nSPS) is 10.2. The van der Waals surface area contributed by atoms with Crippen molar-refractivity contribution in [2.75, 3.05) is 5.73 Å². The van der Waals surface area contributed by atoms with Crippen molar-refractivity contribution in [3.8, 4) is 11.1 Å². The summed E-state index contributed by atoms with van der Waals surface area (Å²) < 4.78 is 0. The molecule has 0 radical (unpaired) electrons. The van der Waals surface area contributed by atoms with Gasteiger partial charge in [0.1, 0.15) is 5.82 Å². The van der Waals surface area contributed by atoms with Crippen molar-refractivity contribution in [2.45, 2.75) is 0 Å². The number of rotatable bonds is 2. The van der Waals surface area contributed by atoms with E-state index in [0.29, 0.717) is 33.3 Å². The van der Waals surface area contributed by atoms with Crippen LogP contribution in [0.5, 0.6) is 0 Å². The number of nitrogens with two attached hydrogens (primary N) is 1. The standard InChI is InChI=1S/C12H8Cl2N2O/c13-10-2-1-8(4-11(10)14)9-3-7(6-17)5-16-12(9)15/h1-6H,(H2,15,16). The van der Waals surface area contributed by atoms with Crippen LogP contribution in [0.1, 0.15) is 10.4 Å². The lowest BCUT2D eigenvalue weighted by Crippen LogP contribution is -1.96. The Labute approximate surface area is 108 Å². The molecule has 0 atom stereocenters. The minimum atomic E-state index is 0.342. The van der Waals surface area contributed by atoms with E-state index in [2.05, 4.69) is 4.98 Å². The van der Waals surface area contributed by atoms with Gasteiger partial charge in [-0.15, -0.1) is 0 Å². The quantitative estimate of drug-likeness (QED) is 0.848. The third-order valence-corrected chi connectivity index (χ3v) is 3.05. The molecule has 1 aromatic heterocycles. The van der Waals surface area contributed by atoms with E-state index in [1.54, 1.807) is 24.3 Å². The summed E-state index contributed by atoms with van der Waals surface area (Å²) >= 11 is 11.8. The third kappa shape index (κ3) is 2.40. The van der Waals surface area contributed by atoms with Crippen molar-refractivity contribution in [2.24, 2.45) is 0 Å². The van der Waals surface area contributed by atoms with Crippen molar-refractivity contribution >= 4 is 35.3 Å². The molecule has 0 unspecified atom stereocenters. The Morgan fingerprint density at radius 3 is 2.59 bits per heavy atom. The minimum absolute atomic E-state index is 0.342. The number of carbonyl (C=O) groups excluding carboxylic acids is 1. The zero-order valence-electron chi connectivity index (χ0n) is 8.65. The van der Waals surface area contributed by atoms with Gasteiger partial charge in [-0.25, -0.2) is 4.98 Å². The molecule has 2 rings (SSSR count). The molecule has 0 fully saturated rings. The van der Waals surface area contributed by atoms with E-state index < -0.39 is 0 Å². The molecule has 0 saturated heterocycles. The Morgan fingerprint density at radius 1 is 1.18 bits per heavy atom. The average Bonchev–Trinajstić information content (AvgIpc) is 2.33. The molecule has 0 bridgehead atoms. The first-order valence-corrected chi connectivity index (χ1v) is 5.53. The van der Waals surface area contributed by atoms with E-state index in [0.717, 1.165) is 5.56 Å². The maximum atomic E-state index is 10.7. The largest absolute Gasteiger partial charge is 0.383 e. The molecule has 0 aliphatic heterocycles. The topological polar surface area (TPSA) is 56.0 Å². The molecule has 3 nitrogen and oxygen atoms in total. The van der Waals surface area contributed by atoms with Gasteiger partial charge < -0.3 is 5.73 Å². The predicted octanol–water partition coefficient (Wildman–Crippen LogP) is 3.45. The molecule has 0 amide bonds. The Balaban J connectivity index is 2.58. The van der Waals surface area contributed by atoms with E-state index in [4.69, 9.17) is 28.9 Å². The minimum Gasteiger partial charge on any atom is -0.383 e. The van der Waals surface area contributed by atoms with Crippen LogP contribution in [0.15, 0.2) is 30.5 Å². The van der Waals surface area contributed by atoms with Crippen LogP contribution in [0.3, 0.4) is 0 Å². The van der Waals surface area contributed by atoms with Crippen LogP contribution < -0.4 is 5.73 Å². The van der Waals surface area contributed by atoms with Gasteiger partial charge in [-0.1, -0.05) is 29.3 Å². The first-order valence-electron chi connectivity index (χ1n) is 4.78. The molecule has 0 aliphatic carbocycles. The van der Waals surface area contributed by atoms with Gasteiger partial charge in [0.2, 0.25) is 0 Å². The fourth-order valence-corrected chi connectivity index (χ4v) is 1.75. The Morgan fingerprint density at radius 2 is 1.94 bits per heavy atom. The summed E-state index contributed by atoms with van der Waals surface area (Å²) in [4.78, 5) is 14.6. The SMILES string of the molecule is Nc1ncc(C=O)cc1-c1ccc(Cl)c(Cl)c1. The lowest BCUT2D eigenvalue weighted by molar-refractivity contribution is 0.112. The number of anilines is 1. The van der Waals surface area contributed by atoms with E-state index in [-0.39, 0.29) is 0 Å². The number of benzene rings is 1. The Bertz CT molecular complexity index is 585. The first-order chi connectivity index (χ1) is 8.11. The number of hydrogen-bond acceptors (Lipinski definition) is 3. The van der Waals surface area contributed by atoms with Crippen molar-refractivity contribution < 1.29 is 4.79 Å². The Hall–Kier alpha value is -1.58. The number of aldehydes is 1. The fraction of sp³-hybridized carbons (Fsp3) is 0. The number of aromatic nitrogens is 1. The number of carbonyl (C=O) groups is 1. The molecular formula is C12H8Cl2N2O. The van der Waals surface area contributed by atoms with Crippen molar-refractivity contribution in [1.82, 2.24) is 4.98 Å². The van der Waals surface area contributed by atoms with Crippen LogP contribution in [0, 0.1) is 0 Å². The second-order valence-corrected chi connectivity index (χ2v) is 4.26. The molecule has 86 valence electrons. The van der Waals surface area contributed by atoms with E-state index in [1.807, 2.05) is 0 Å². The first kappa shape index (κ1) is 11.9. The van der Waals surface area contributed by atoms with Gasteiger partial charge in [-0.2, -0.15) is 0 Å². The number of hydrogen-bond donors (Lipinski definition) is 1. The zero-order chi connectivity index (χ0) is 12.4. The van der Waals surface area contributed by atoms with Crippen molar-refractivity contribution in [3.05, 3.63) is 46.1 Å². The van der Waals surface area contributed by atoms with Gasteiger partial charge in [0.05, 0.1) is 10.0 Å². The van der Waals surface area contributed by atoms with Gasteiger partial charge in [-0.3, -0.25) is 4.79 Å². The lowest BCUT2D eigenvalue weighted by Gasteiger charge is -2.06. The van der Waals surface area contributed by atoms with Crippen LogP contribution >= 0.6 is 23.2 Å². The predicted molar refractivity (Wildman–Crippen MR) is 69.5 cm³/mol. The highest BCUT2D eigenvalue weighted by molar-refractivity contribution is 6.42. The molecule has 2 aromatic rings. The van der Waals surface area contributed by atoms with E-state index in [1.165, 1.54) is 6.20 Å². The molecule has 1 heterocycles. The smallest absolute Gasteiger partial charge is 0.151 e.